The van der Waals surface area contributed by atoms with E-state index in [0.717, 1.165) is 18.3 Å². The highest BCUT2D eigenvalue weighted by Gasteiger charge is 2.10. The summed E-state index contributed by atoms with van der Waals surface area (Å²) in [4.78, 5) is 20.9. The van der Waals surface area contributed by atoms with Crippen LogP contribution >= 0.6 is 15.9 Å². The Bertz CT molecular complexity index is 291. The zero-order chi connectivity index (χ0) is 10.4. The number of nitrogens with zero attached hydrogens (tertiary/aromatic N) is 3. The lowest BCUT2D eigenvalue weighted by atomic mass is 10.3. The van der Waals surface area contributed by atoms with Gasteiger partial charge < -0.3 is 4.90 Å². The normalized spacial score (nSPS) is 9.86. The Hall–Kier alpha value is -0.970. The van der Waals surface area contributed by atoms with E-state index in [1.165, 1.54) is 18.7 Å². The number of carbonyl (C=O) groups is 1. The molecule has 0 aliphatic rings. The van der Waals surface area contributed by atoms with E-state index in [4.69, 9.17) is 0 Å². The predicted octanol–water partition coefficient (Wildman–Crippen LogP) is 1.33. The average Bonchev–Trinajstić information content (AvgIpc) is 2.26. The summed E-state index contributed by atoms with van der Waals surface area (Å²) in [7, 11) is 1.78. The van der Waals surface area contributed by atoms with Gasteiger partial charge in [-0.1, -0.05) is 15.9 Å². The van der Waals surface area contributed by atoms with Gasteiger partial charge in [-0.05, 0) is 6.42 Å². The lowest BCUT2D eigenvalue weighted by Gasteiger charge is -2.15. The maximum Gasteiger partial charge on any atom is 0.256 e. The topological polar surface area (TPSA) is 46.1 Å². The minimum atomic E-state index is -0.0356. The smallest absolute Gasteiger partial charge is 0.256 e. The summed E-state index contributed by atoms with van der Waals surface area (Å²) in [5.41, 5.74) is 0.532. The fourth-order valence-electron chi connectivity index (χ4n) is 1.03. The number of carbonyl (C=O) groups excluding carboxylic acids is 1. The second kappa shape index (κ2) is 5.70. The van der Waals surface area contributed by atoms with Crippen LogP contribution in [0.2, 0.25) is 0 Å². The summed E-state index contributed by atoms with van der Waals surface area (Å²) in [6.45, 7) is 0.735. The van der Waals surface area contributed by atoms with Crippen molar-refractivity contribution in [2.45, 2.75) is 6.42 Å². The summed E-state index contributed by atoms with van der Waals surface area (Å²) in [6, 6.07) is 0. The van der Waals surface area contributed by atoms with Crippen molar-refractivity contribution in [1.82, 2.24) is 14.9 Å². The molecule has 0 aliphatic carbocycles. The third-order valence-electron chi connectivity index (χ3n) is 1.78. The molecule has 76 valence electrons. The summed E-state index contributed by atoms with van der Waals surface area (Å²) < 4.78 is 0. The molecule has 1 aromatic heterocycles. The third-order valence-corrected chi connectivity index (χ3v) is 2.34. The highest BCUT2D eigenvalue weighted by atomic mass is 79.9. The first-order valence-corrected chi connectivity index (χ1v) is 5.44. The minimum absolute atomic E-state index is 0.0356. The van der Waals surface area contributed by atoms with Crippen molar-refractivity contribution >= 4 is 21.8 Å². The van der Waals surface area contributed by atoms with Gasteiger partial charge in [0.05, 0.1) is 5.56 Å². The molecule has 0 aromatic carbocycles. The van der Waals surface area contributed by atoms with E-state index in [1.54, 1.807) is 11.9 Å². The van der Waals surface area contributed by atoms with Gasteiger partial charge in [0, 0.05) is 31.3 Å². The molecule has 0 N–H and O–H groups in total. The van der Waals surface area contributed by atoms with Crippen LogP contribution in [-0.4, -0.2) is 39.7 Å². The molecule has 0 unspecified atom stereocenters. The molecular weight excluding hydrogens is 246 g/mol. The van der Waals surface area contributed by atoms with Crippen molar-refractivity contribution in [1.29, 1.82) is 0 Å². The van der Waals surface area contributed by atoms with Gasteiger partial charge in [0.15, 0.2) is 0 Å². The monoisotopic (exact) mass is 257 g/mol. The third kappa shape index (κ3) is 3.06. The first-order chi connectivity index (χ1) is 6.75. The van der Waals surface area contributed by atoms with Crippen molar-refractivity contribution < 1.29 is 4.79 Å². The lowest BCUT2D eigenvalue weighted by molar-refractivity contribution is 0.0795. The second-order valence-corrected chi connectivity index (χ2v) is 3.69. The first-order valence-electron chi connectivity index (χ1n) is 4.32. The quantitative estimate of drug-likeness (QED) is 0.765. The van der Waals surface area contributed by atoms with E-state index in [2.05, 4.69) is 25.9 Å². The van der Waals surface area contributed by atoms with Gasteiger partial charge in [-0.15, -0.1) is 0 Å². The number of alkyl halides is 1. The Kier molecular flexibility index (Phi) is 4.52. The molecule has 1 aromatic rings. The Balaban J connectivity index is 2.57. The van der Waals surface area contributed by atoms with Crippen LogP contribution in [0.3, 0.4) is 0 Å². The van der Waals surface area contributed by atoms with Crippen LogP contribution in [0, 0.1) is 0 Å². The first kappa shape index (κ1) is 11.1. The molecule has 5 heteroatoms. The molecule has 0 radical (unpaired) electrons. The molecule has 1 amide bonds. The second-order valence-electron chi connectivity index (χ2n) is 2.90. The average molecular weight is 258 g/mol. The van der Waals surface area contributed by atoms with E-state index in [9.17, 15) is 4.79 Å². The Morgan fingerprint density at radius 3 is 2.71 bits per heavy atom. The van der Waals surface area contributed by atoms with Crippen LogP contribution in [0.1, 0.15) is 16.8 Å². The van der Waals surface area contributed by atoms with Gasteiger partial charge in [-0.2, -0.15) is 0 Å². The Morgan fingerprint density at radius 1 is 1.50 bits per heavy atom. The molecule has 0 aliphatic heterocycles. The number of hydrogen-bond donors (Lipinski definition) is 0. The molecule has 1 heterocycles. The summed E-state index contributed by atoms with van der Waals surface area (Å²) in [5.74, 6) is -0.0356. The van der Waals surface area contributed by atoms with Crippen LogP contribution in [0.5, 0.6) is 0 Å². The van der Waals surface area contributed by atoms with Crippen molar-refractivity contribution in [2.75, 3.05) is 18.9 Å². The molecule has 0 saturated heterocycles. The summed E-state index contributed by atoms with van der Waals surface area (Å²) >= 11 is 3.32. The number of rotatable bonds is 4. The zero-order valence-corrected chi connectivity index (χ0v) is 9.57. The van der Waals surface area contributed by atoms with E-state index in [0.29, 0.717) is 5.56 Å². The molecule has 0 spiro atoms. The van der Waals surface area contributed by atoms with Gasteiger partial charge in [0.25, 0.3) is 5.91 Å². The fraction of sp³-hybridized carbons (Fsp3) is 0.444. The minimum Gasteiger partial charge on any atom is -0.342 e. The lowest BCUT2D eigenvalue weighted by Crippen LogP contribution is -2.28. The summed E-state index contributed by atoms with van der Waals surface area (Å²) in [5, 5.41) is 0.899. The van der Waals surface area contributed by atoms with Gasteiger partial charge in [0.1, 0.15) is 6.33 Å². The van der Waals surface area contributed by atoms with Crippen LogP contribution in [-0.2, 0) is 0 Å². The summed E-state index contributed by atoms with van der Waals surface area (Å²) in [6.07, 6.45) is 5.41. The van der Waals surface area contributed by atoms with E-state index >= 15 is 0 Å². The molecule has 0 saturated carbocycles. The van der Waals surface area contributed by atoms with E-state index in [-0.39, 0.29) is 5.91 Å². The molecule has 1 rings (SSSR count). The predicted molar refractivity (Wildman–Crippen MR) is 57.4 cm³/mol. The molecule has 0 bridgehead atoms. The van der Waals surface area contributed by atoms with Crippen molar-refractivity contribution in [3.63, 3.8) is 0 Å². The Labute approximate surface area is 91.5 Å². The molecule has 14 heavy (non-hydrogen) atoms. The Morgan fingerprint density at radius 2 is 2.14 bits per heavy atom. The molecular formula is C9H12BrN3O. The number of hydrogen-bond acceptors (Lipinski definition) is 3. The maximum atomic E-state index is 11.7. The maximum absolute atomic E-state index is 11.7. The molecule has 4 nitrogen and oxygen atoms in total. The van der Waals surface area contributed by atoms with Crippen LogP contribution in [0.15, 0.2) is 18.7 Å². The van der Waals surface area contributed by atoms with Crippen molar-refractivity contribution in [2.24, 2.45) is 0 Å². The van der Waals surface area contributed by atoms with Gasteiger partial charge in [0.2, 0.25) is 0 Å². The van der Waals surface area contributed by atoms with Crippen molar-refractivity contribution in [3.05, 3.63) is 24.3 Å². The molecule has 0 atom stereocenters. The van der Waals surface area contributed by atoms with Gasteiger partial charge in [-0.3, -0.25) is 4.79 Å². The highest BCUT2D eigenvalue weighted by molar-refractivity contribution is 9.09. The highest BCUT2D eigenvalue weighted by Crippen LogP contribution is 2.00. The standard InChI is InChI=1S/C9H12BrN3O/c1-13(4-2-3-10)9(14)8-5-11-7-12-6-8/h5-7H,2-4H2,1H3. The van der Waals surface area contributed by atoms with E-state index < -0.39 is 0 Å². The van der Waals surface area contributed by atoms with Gasteiger partial charge in [-0.25, -0.2) is 9.97 Å². The number of halogens is 1. The van der Waals surface area contributed by atoms with Crippen LogP contribution in [0.25, 0.3) is 0 Å². The van der Waals surface area contributed by atoms with Gasteiger partial charge >= 0.3 is 0 Å². The van der Waals surface area contributed by atoms with Crippen LogP contribution < -0.4 is 0 Å². The number of aromatic nitrogens is 2. The van der Waals surface area contributed by atoms with Crippen LogP contribution in [0.4, 0.5) is 0 Å². The van der Waals surface area contributed by atoms with Crippen molar-refractivity contribution in [3.8, 4) is 0 Å². The SMILES string of the molecule is CN(CCCBr)C(=O)c1cncnc1. The molecule has 0 fully saturated rings. The fourth-order valence-corrected chi connectivity index (χ4v) is 1.28. The zero-order valence-electron chi connectivity index (χ0n) is 7.98. The largest absolute Gasteiger partial charge is 0.342 e. The number of amides is 1. The van der Waals surface area contributed by atoms with E-state index in [1.807, 2.05) is 0 Å².